The molecule has 2 aliphatic carbocycles. The number of nitrogens with one attached hydrogen (secondary N) is 1. The molecule has 1 saturated heterocycles. The molecule has 4 rings (SSSR count). The molecule has 6 nitrogen and oxygen atoms in total. The number of benzene rings is 1. The first-order valence-corrected chi connectivity index (χ1v) is 11.6. The predicted octanol–water partition coefficient (Wildman–Crippen LogP) is 0.901. The summed E-state index contributed by atoms with van der Waals surface area (Å²) in [5.41, 5.74) is 5.42. The SMILES string of the molecule is CN1CCC[C@]1(C)/C=C/S(=O)(=O)[N-]C(=O)Nc1c2c(cc3c1CCC3)CCC2.[Na+]. The summed E-state index contributed by atoms with van der Waals surface area (Å²) in [5, 5.41) is 3.89. The zero-order valence-electron chi connectivity index (χ0n) is 17.6. The molecule has 1 aliphatic heterocycles. The number of rotatable bonds is 4. The van der Waals surface area contributed by atoms with E-state index < -0.39 is 16.1 Å². The van der Waals surface area contributed by atoms with Crippen LogP contribution >= 0.6 is 0 Å². The topological polar surface area (TPSA) is 80.6 Å². The van der Waals surface area contributed by atoms with Gasteiger partial charge in [0.25, 0.3) is 0 Å². The summed E-state index contributed by atoms with van der Waals surface area (Å²) in [6, 6.07) is 1.47. The second-order valence-electron chi connectivity index (χ2n) is 8.46. The summed E-state index contributed by atoms with van der Waals surface area (Å²) < 4.78 is 28.2. The van der Waals surface area contributed by atoms with Gasteiger partial charge in [-0.1, -0.05) is 12.1 Å². The Bertz CT molecular complexity index is 913. The molecule has 0 radical (unpaired) electrons. The minimum Gasteiger partial charge on any atom is -0.423 e. The van der Waals surface area contributed by atoms with Gasteiger partial charge in [0.15, 0.2) is 16.1 Å². The maximum absolute atomic E-state index is 12.5. The molecule has 29 heavy (non-hydrogen) atoms. The molecule has 2 amide bonds. The minimum atomic E-state index is -3.97. The van der Waals surface area contributed by atoms with E-state index in [0.717, 1.165) is 80.1 Å². The molecule has 0 bridgehead atoms. The number of anilines is 1. The first-order valence-electron chi connectivity index (χ1n) is 10.1. The number of aryl methyl sites for hydroxylation is 2. The number of carbonyl (C=O) groups is 1. The van der Waals surface area contributed by atoms with Crippen LogP contribution in [0.4, 0.5) is 10.5 Å². The molecule has 0 unspecified atom stereocenters. The molecule has 0 spiro atoms. The number of sulfonamides is 1. The predicted molar refractivity (Wildman–Crippen MR) is 111 cm³/mol. The number of urea groups is 1. The van der Waals surface area contributed by atoms with Crippen LogP contribution in [-0.2, 0) is 35.7 Å². The van der Waals surface area contributed by atoms with Gasteiger partial charge in [-0.3, -0.25) is 9.69 Å². The summed E-state index contributed by atoms with van der Waals surface area (Å²) >= 11 is 0. The molecule has 1 aromatic rings. The molecule has 8 heteroatoms. The molecule has 1 aromatic carbocycles. The van der Waals surface area contributed by atoms with Gasteiger partial charge < -0.3 is 10.0 Å². The fourth-order valence-corrected chi connectivity index (χ4v) is 5.61. The molecule has 152 valence electrons. The largest absolute Gasteiger partial charge is 1.00 e. The van der Waals surface area contributed by atoms with Gasteiger partial charge in [0.05, 0.1) is 0 Å². The summed E-state index contributed by atoms with van der Waals surface area (Å²) in [5.74, 6) is 0. The average Bonchev–Trinajstić information content (AvgIpc) is 3.34. The van der Waals surface area contributed by atoms with Crippen LogP contribution < -0.4 is 34.9 Å². The van der Waals surface area contributed by atoms with Crippen LogP contribution in [0.2, 0.25) is 0 Å². The van der Waals surface area contributed by atoms with Crippen LogP contribution in [0.15, 0.2) is 17.6 Å². The number of hydrogen-bond donors (Lipinski definition) is 1. The van der Waals surface area contributed by atoms with Crippen LogP contribution in [0.25, 0.3) is 4.72 Å². The van der Waals surface area contributed by atoms with E-state index >= 15 is 0 Å². The Morgan fingerprint density at radius 1 is 1.14 bits per heavy atom. The fourth-order valence-electron chi connectivity index (χ4n) is 4.81. The van der Waals surface area contributed by atoms with Crippen LogP contribution in [0.5, 0.6) is 0 Å². The van der Waals surface area contributed by atoms with Crippen molar-refractivity contribution in [2.75, 3.05) is 18.9 Å². The van der Waals surface area contributed by atoms with Gasteiger partial charge in [-0.15, -0.1) is 0 Å². The molecule has 3 aliphatic rings. The van der Waals surface area contributed by atoms with Crippen LogP contribution in [0.1, 0.15) is 54.9 Å². The third-order valence-electron chi connectivity index (χ3n) is 6.56. The smallest absolute Gasteiger partial charge is 0.423 e. The van der Waals surface area contributed by atoms with E-state index in [0.29, 0.717) is 0 Å². The van der Waals surface area contributed by atoms with Crippen molar-refractivity contribution in [1.82, 2.24) is 4.90 Å². The first kappa shape index (κ1) is 22.8. The van der Waals surface area contributed by atoms with Gasteiger partial charge in [-0.25, -0.2) is 8.42 Å². The van der Waals surface area contributed by atoms with Gasteiger partial charge in [-0.05, 0) is 99.8 Å². The number of carbonyl (C=O) groups excluding carboxylic acids is 1. The van der Waals surface area contributed by atoms with E-state index in [9.17, 15) is 13.2 Å². The summed E-state index contributed by atoms with van der Waals surface area (Å²) in [7, 11) is -2.00. The van der Waals surface area contributed by atoms with Gasteiger partial charge in [-0.2, -0.15) is 0 Å². The summed E-state index contributed by atoms with van der Waals surface area (Å²) in [6.45, 7) is 2.94. The van der Waals surface area contributed by atoms with Gasteiger partial charge >= 0.3 is 29.6 Å². The van der Waals surface area contributed by atoms with Gasteiger partial charge in [0, 0.05) is 10.9 Å². The van der Waals surface area contributed by atoms with Crippen molar-refractivity contribution in [1.29, 1.82) is 0 Å². The standard InChI is InChI=1S/C21H29N3O3S.Na/c1-21(10-5-12-24(21)2)11-13-28(26,27)23-20(25)22-19-17-8-3-6-15(17)14-16-7-4-9-18(16)19;/h11,13-14H,3-10,12H2,1-2H3,(H2,22,23,25);/q;+1/p-1/b13-11+;/t21-;/m1./s1. The van der Waals surface area contributed by atoms with E-state index in [2.05, 4.69) is 21.0 Å². The number of likely N-dealkylation sites (N-methyl/N-ethyl adjacent to an activating group) is 1. The Kier molecular flexibility index (Phi) is 6.85. The van der Waals surface area contributed by atoms with E-state index in [1.54, 1.807) is 6.08 Å². The van der Waals surface area contributed by atoms with Crippen molar-refractivity contribution in [2.45, 2.75) is 63.8 Å². The maximum Gasteiger partial charge on any atom is 1.00 e. The Morgan fingerprint density at radius 2 is 1.76 bits per heavy atom. The van der Waals surface area contributed by atoms with Gasteiger partial charge in [0.1, 0.15) is 0 Å². The monoisotopic (exact) mass is 425 g/mol. The number of likely N-dealkylation sites (tertiary alicyclic amines) is 1. The normalized spacial score (nSPS) is 23.7. The van der Waals surface area contributed by atoms with Crippen molar-refractivity contribution in [3.8, 4) is 0 Å². The Labute approximate surface area is 195 Å². The molecule has 1 atom stereocenters. The quantitative estimate of drug-likeness (QED) is 0.727. The van der Waals surface area contributed by atoms with Crippen LogP contribution in [-0.4, -0.2) is 38.5 Å². The summed E-state index contributed by atoms with van der Waals surface area (Å²) in [6.07, 6.45) is 9.63. The molecule has 1 fully saturated rings. The zero-order valence-corrected chi connectivity index (χ0v) is 20.4. The second-order valence-corrected chi connectivity index (χ2v) is 9.94. The Morgan fingerprint density at radius 3 is 2.31 bits per heavy atom. The van der Waals surface area contributed by atoms with E-state index in [1.165, 1.54) is 11.1 Å². The van der Waals surface area contributed by atoms with Crippen LogP contribution in [0, 0.1) is 0 Å². The van der Waals surface area contributed by atoms with Crippen molar-refractivity contribution < 1.29 is 42.8 Å². The van der Waals surface area contributed by atoms with E-state index in [-0.39, 0.29) is 35.1 Å². The van der Waals surface area contributed by atoms with Crippen molar-refractivity contribution in [3.63, 3.8) is 0 Å². The molecule has 1 N–H and O–H groups in total. The summed E-state index contributed by atoms with van der Waals surface area (Å²) in [4.78, 5) is 14.6. The number of nitrogens with zero attached hydrogens (tertiary/aromatic N) is 2. The van der Waals surface area contributed by atoms with E-state index in [1.807, 2.05) is 14.0 Å². The molecule has 0 saturated carbocycles. The van der Waals surface area contributed by atoms with Gasteiger partial charge in [0.2, 0.25) is 0 Å². The second kappa shape index (κ2) is 8.71. The van der Waals surface area contributed by atoms with Crippen molar-refractivity contribution >= 4 is 21.7 Å². The van der Waals surface area contributed by atoms with Crippen molar-refractivity contribution in [2.24, 2.45) is 0 Å². The fraction of sp³-hybridized carbons (Fsp3) is 0.571. The third-order valence-corrected chi connectivity index (χ3v) is 7.46. The zero-order chi connectivity index (χ0) is 19.9. The number of hydrogen-bond acceptors (Lipinski definition) is 4. The molecule has 1 heterocycles. The Hall–Kier alpha value is -0.860. The minimum absolute atomic E-state index is 0. The first-order chi connectivity index (χ1) is 13.3. The number of amides is 2. The maximum atomic E-state index is 12.5. The molecular weight excluding hydrogens is 397 g/mol. The molecule has 0 aromatic heterocycles. The average molecular weight is 426 g/mol. The van der Waals surface area contributed by atoms with E-state index in [4.69, 9.17) is 0 Å². The van der Waals surface area contributed by atoms with Crippen molar-refractivity contribution in [3.05, 3.63) is 44.5 Å². The Balaban J connectivity index is 0.00000240. The number of fused-ring (bicyclic) bond motifs is 2. The third kappa shape index (κ3) is 4.74. The van der Waals surface area contributed by atoms with Crippen LogP contribution in [0.3, 0.4) is 0 Å². The molecular formula is C21H28N3NaO3S.